The number of thioether (sulfide) groups is 1. The molecule has 1 aromatic carbocycles. The van der Waals surface area contributed by atoms with Crippen molar-refractivity contribution in [2.75, 3.05) is 12.4 Å². The van der Waals surface area contributed by atoms with Crippen molar-refractivity contribution in [3.63, 3.8) is 0 Å². The number of aliphatic carboxylic acids is 1. The Labute approximate surface area is 150 Å². The quantitative estimate of drug-likeness (QED) is 0.511. The molecule has 0 aromatic heterocycles. The number of carboxylic acids is 1. The zero-order chi connectivity index (χ0) is 18.8. The smallest absolute Gasteiger partial charge is 0.372 e. The van der Waals surface area contributed by atoms with E-state index in [9.17, 15) is 14.4 Å². The van der Waals surface area contributed by atoms with E-state index in [2.05, 4.69) is 11.9 Å². The summed E-state index contributed by atoms with van der Waals surface area (Å²) >= 11 is 0.661. The Morgan fingerprint density at radius 2 is 2.00 bits per heavy atom. The number of carboxylic acid groups (broad SMARTS) is 1. The molecular weight excluding hydrogens is 346 g/mol. The van der Waals surface area contributed by atoms with Gasteiger partial charge in [0.15, 0.2) is 0 Å². The van der Waals surface area contributed by atoms with Gasteiger partial charge in [-0.2, -0.15) is 0 Å². The topological polar surface area (TPSA) is 102 Å². The van der Waals surface area contributed by atoms with Crippen LogP contribution in [0.3, 0.4) is 0 Å². The van der Waals surface area contributed by atoms with Gasteiger partial charge < -0.3 is 19.9 Å². The van der Waals surface area contributed by atoms with Crippen molar-refractivity contribution >= 4 is 34.7 Å². The molecule has 8 heteroatoms. The average molecular weight is 367 g/mol. The van der Waals surface area contributed by atoms with E-state index in [0.29, 0.717) is 29.7 Å². The number of carbonyl (C=O) groups excluding carboxylic acids is 2. The van der Waals surface area contributed by atoms with Gasteiger partial charge in [-0.3, -0.25) is 4.79 Å². The highest BCUT2D eigenvalue weighted by atomic mass is 32.2. The largest absolute Gasteiger partial charge is 0.493 e. The van der Waals surface area contributed by atoms with Crippen LogP contribution in [-0.2, 0) is 14.3 Å². The lowest BCUT2D eigenvalue weighted by Crippen LogP contribution is -2.41. The molecule has 0 aliphatic heterocycles. The van der Waals surface area contributed by atoms with Crippen molar-refractivity contribution < 1.29 is 29.0 Å². The summed E-state index contributed by atoms with van der Waals surface area (Å²) < 4.78 is 10.7. The fourth-order valence-electron chi connectivity index (χ4n) is 1.78. The molecule has 1 unspecified atom stereocenters. The number of nitrogens with one attached hydrogen (secondary N) is 1. The number of rotatable bonds is 9. The zero-order valence-corrected chi connectivity index (χ0v) is 14.9. The third kappa shape index (κ3) is 7.30. The van der Waals surface area contributed by atoms with Crippen LogP contribution in [0.25, 0.3) is 5.76 Å². The van der Waals surface area contributed by atoms with Crippen molar-refractivity contribution in [1.29, 1.82) is 0 Å². The first-order chi connectivity index (χ1) is 11.8. The summed E-state index contributed by atoms with van der Waals surface area (Å²) in [7, 11) is 0. The first-order valence-electron chi connectivity index (χ1n) is 7.60. The van der Waals surface area contributed by atoms with Crippen LogP contribution in [-0.4, -0.2) is 40.7 Å². The van der Waals surface area contributed by atoms with Crippen molar-refractivity contribution in [3.8, 4) is 5.75 Å². The summed E-state index contributed by atoms with van der Waals surface area (Å²) in [6.07, 6.45) is 0.816. The molecule has 0 spiro atoms. The number of hydrogen-bond acceptors (Lipinski definition) is 6. The van der Waals surface area contributed by atoms with E-state index in [0.717, 1.165) is 6.42 Å². The van der Waals surface area contributed by atoms with E-state index < -0.39 is 23.2 Å². The Morgan fingerprint density at radius 1 is 1.32 bits per heavy atom. The minimum absolute atomic E-state index is 0.150. The number of benzene rings is 1. The van der Waals surface area contributed by atoms with Gasteiger partial charge in [0.25, 0.3) is 0 Å². The van der Waals surface area contributed by atoms with E-state index >= 15 is 0 Å². The highest BCUT2D eigenvalue weighted by Gasteiger charge is 2.21. The van der Waals surface area contributed by atoms with Crippen molar-refractivity contribution in [2.24, 2.45) is 0 Å². The Hall–Kier alpha value is -2.48. The molecule has 1 amide bonds. The lowest BCUT2D eigenvalue weighted by molar-refractivity contribution is -0.140. The molecule has 0 saturated heterocycles. The van der Waals surface area contributed by atoms with E-state index in [1.54, 1.807) is 24.3 Å². The van der Waals surface area contributed by atoms with Gasteiger partial charge in [0.2, 0.25) is 5.91 Å². The molecule has 0 aliphatic carbocycles. The second kappa shape index (κ2) is 10.4. The van der Waals surface area contributed by atoms with Gasteiger partial charge in [-0.15, -0.1) is 0 Å². The molecule has 1 atom stereocenters. The van der Waals surface area contributed by atoms with Crippen LogP contribution in [0, 0.1) is 0 Å². The Balaban J connectivity index is 2.69. The van der Waals surface area contributed by atoms with Crippen molar-refractivity contribution in [3.05, 3.63) is 36.4 Å². The summed E-state index contributed by atoms with van der Waals surface area (Å²) in [5, 5.41) is 10.6. The van der Waals surface area contributed by atoms with Gasteiger partial charge in [0, 0.05) is 12.7 Å². The molecule has 7 nitrogen and oxygen atoms in total. The first-order valence-corrected chi connectivity index (χ1v) is 8.59. The number of hydrogen-bond donors (Lipinski definition) is 2. The normalized spacial score (nSPS) is 11.3. The predicted molar refractivity (Wildman–Crippen MR) is 95.4 cm³/mol. The number of amides is 1. The molecule has 25 heavy (non-hydrogen) atoms. The highest BCUT2D eigenvalue weighted by Crippen LogP contribution is 2.27. The Kier molecular flexibility index (Phi) is 8.55. The number of ether oxygens (including phenoxy) is 2. The number of carbonyl (C=O) groups is 3. The SMILES string of the molecule is C=C(OCCC)c1ccccc1OC(=O)SCC(NC(C)=O)C(=O)O. The van der Waals surface area contributed by atoms with Crippen molar-refractivity contribution in [1.82, 2.24) is 5.32 Å². The third-order valence-electron chi connectivity index (χ3n) is 2.90. The molecule has 0 radical (unpaired) electrons. The van der Waals surface area contributed by atoms with Crippen LogP contribution >= 0.6 is 11.8 Å². The van der Waals surface area contributed by atoms with Gasteiger partial charge in [-0.1, -0.05) is 25.6 Å². The lowest BCUT2D eigenvalue weighted by Gasteiger charge is -2.14. The van der Waals surface area contributed by atoms with Gasteiger partial charge in [0.05, 0.1) is 12.2 Å². The highest BCUT2D eigenvalue weighted by molar-refractivity contribution is 8.13. The summed E-state index contributed by atoms with van der Waals surface area (Å²) in [6, 6.07) is 5.59. The minimum atomic E-state index is -1.22. The lowest BCUT2D eigenvalue weighted by atomic mass is 10.2. The molecule has 0 saturated carbocycles. The summed E-state index contributed by atoms with van der Waals surface area (Å²) in [5.74, 6) is -1.21. The zero-order valence-electron chi connectivity index (χ0n) is 14.1. The maximum absolute atomic E-state index is 12.0. The summed E-state index contributed by atoms with van der Waals surface area (Å²) in [6.45, 7) is 7.48. The molecule has 1 aromatic rings. The van der Waals surface area contributed by atoms with Crippen molar-refractivity contribution in [2.45, 2.75) is 26.3 Å². The molecule has 136 valence electrons. The van der Waals surface area contributed by atoms with Crippen LogP contribution in [0.1, 0.15) is 25.8 Å². The first kappa shape index (κ1) is 20.6. The van der Waals surface area contributed by atoms with Gasteiger partial charge in [-0.25, -0.2) is 9.59 Å². The second-order valence-corrected chi connectivity index (χ2v) is 5.98. The van der Waals surface area contributed by atoms with E-state index in [1.807, 2.05) is 6.92 Å². The third-order valence-corrected chi connectivity index (χ3v) is 3.72. The molecule has 2 N–H and O–H groups in total. The fourth-order valence-corrected chi connectivity index (χ4v) is 2.46. The van der Waals surface area contributed by atoms with E-state index in [1.165, 1.54) is 6.92 Å². The second-order valence-electron chi connectivity index (χ2n) is 5.02. The van der Waals surface area contributed by atoms with Crippen LogP contribution in [0.15, 0.2) is 30.8 Å². The predicted octanol–water partition coefficient (Wildman–Crippen LogP) is 2.91. The van der Waals surface area contributed by atoms with Crippen LogP contribution < -0.4 is 10.1 Å². The monoisotopic (exact) mass is 367 g/mol. The van der Waals surface area contributed by atoms with Crippen LogP contribution in [0.2, 0.25) is 0 Å². The average Bonchev–Trinajstić information content (AvgIpc) is 2.56. The molecule has 1 rings (SSSR count). The van der Waals surface area contributed by atoms with Crippen LogP contribution in [0.5, 0.6) is 5.75 Å². The van der Waals surface area contributed by atoms with E-state index in [-0.39, 0.29) is 11.5 Å². The summed E-state index contributed by atoms with van der Waals surface area (Å²) in [4.78, 5) is 34.0. The Bertz CT molecular complexity index is 646. The van der Waals surface area contributed by atoms with Gasteiger partial charge >= 0.3 is 11.3 Å². The van der Waals surface area contributed by atoms with Crippen LogP contribution in [0.4, 0.5) is 4.79 Å². The molecule has 0 heterocycles. The minimum Gasteiger partial charge on any atom is -0.493 e. The maximum atomic E-state index is 12.0. The number of para-hydroxylation sites is 1. The summed E-state index contributed by atoms with van der Waals surface area (Å²) in [5.41, 5.74) is 0.543. The Morgan fingerprint density at radius 3 is 2.60 bits per heavy atom. The standard InChI is InChI=1S/C17H21NO6S/c1-4-9-23-11(2)13-7-5-6-8-15(13)24-17(22)25-10-14(16(20)21)18-12(3)19/h5-8,14H,2,4,9-10H2,1,3H3,(H,18,19)(H,20,21). The molecule has 0 fully saturated rings. The molecule has 0 aliphatic rings. The maximum Gasteiger partial charge on any atom is 0.372 e. The fraction of sp³-hybridized carbons (Fsp3) is 0.353. The van der Waals surface area contributed by atoms with Gasteiger partial charge in [0.1, 0.15) is 17.6 Å². The van der Waals surface area contributed by atoms with E-state index in [4.69, 9.17) is 14.6 Å². The molecule has 0 bridgehead atoms. The molecular formula is C17H21NO6S. The van der Waals surface area contributed by atoms with Gasteiger partial charge in [-0.05, 0) is 30.3 Å².